The molecule has 0 saturated heterocycles. The van der Waals surface area contributed by atoms with Gasteiger partial charge in [-0.2, -0.15) is 0 Å². The molecule has 0 spiro atoms. The number of nitrogens with one attached hydrogen (secondary N) is 1. The number of hydrogen-bond donors (Lipinski definition) is 6. The third kappa shape index (κ3) is 13.5. The van der Waals surface area contributed by atoms with Gasteiger partial charge in [-0.25, -0.2) is 44.9 Å². The van der Waals surface area contributed by atoms with Gasteiger partial charge in [0, 0.05) is 124 Å². The highest BCUT2D eigenvalue weighted by Crippen LogP contribution is 2.43. The zero-order chi connectivity index (χ0) is 71.7. The van der Waals surface area contributed by atoms with Crippen molar-refractivity contribution in [3.05, 3.63) is 237 Å². The van der Waals surface area contributed by atoms with Gasteiger partial charge in [-0.3, -0.25) is 22.8 Å². The van der Waals surface area contributed by atoms with E-state index in [-0.39, 0.29) is 36.2 Å². The van der Waals surface area contributed by atoms with Gasteiger partial charge >= 0.3 is 5.97 Å². The summed E-state index contributed by atoms with van der Waals surface area (Å²) < 4.78 is 6.22. The monoisotopic (exact) mass is 1390 g/mol. The Morgan fingerprint density at radius 1 is 0.400 bits per heavy atom. The average molecular weight is 1390 g/mol. The van der Waals surface area contributed by atoms with Crippen LogP contribution < -0.4 is 22.5 Å². The number of imidazole rings is 3. The van der Waals surface area contributed by atoms with E-state index in [9.17, 15) is 19.8 Å². The summed E-state index contributed by atoms with van der Waals surface area (Å²) >= 11 is 0. The topological polar surface area (TPSA) is 294 Å². The number of carbonyl (C=O) groups is 2. The number of carboxylic acid groups (broad SMARTS) is 1. The van der Waals surface area contributed by atoms with Gasteiger partial charge in [-0.05, 0) is 119 Å². The first kappa shape index (κ1) is 67.2. The van der Waals surface area contributed by atoms with E-state index in [2.05, 4.69) is 144 Å². The summed E-state index contributed by atoms with van der Waals surface area (Å²) in [6.07, 6.45) is 21.5. The molecule has 20 heteroatoms. The number of aliphatic hydroxyl groups is 1. The Morgan fingerprint density at radius 3 is 1.03 bits per heavy atom. The smallest absolute Gasteiger partial charge is 0.306 e. The van der Waals surface area contributed by atoms with Gasteiger partial charge in [0.25, 0.3) is 0 Å². The molecule has 524 valence electrons. The van der Waals surface area contributed by atoms with Gasteiger partial charge in [0.1, 0.15) is 68.6 Å². The molecule has 0 radical (unpaired) electrons. The molecule has 0 aliphatic heterocycles. The summed E-state index contributed by atoms with van der Waals surface area (Å²) in [7, 11) is 1.71. The largest absolute Gasteiger partial charge is 0.481 e. The van der Waals surface area contributed by atoms with E-state index in [0.717, 1.165) is 198 Å². The predicted octanol–water partition coefficient (Wildman–Crippen LogP) is 16.2. The number of nitrogen functional groups attached to an aromatic ring is 3. The zero-order valence-electron chi connectivity index (χ0n) is 58.3. The molecule has 3 fully saturated rings. The summed E-state index contributed by atoms with van der Waals surface area (Å²) in [5.74, 6) is 4.70. The highest BCUT2D eigenvalue weighted by Gasteiger charge is 2.33. The number of nitrogens with zero attached hydrogens (tertiary/aromatic N) is 12. The van der Waals surface area contributed by atoms with Crippen LogP contribution >= 0.6 is 0 Å². The van der Waals surface area contributed by atoms with Gasteiger partial charge in [0.2, 0.25) is 5.91 Å². The Kier molecular flexibility index (Phi) is 18.7. The highest BCUT2D eigenvalue weighted by molar-refractivity contribution is 5.95. The minimum absolute atomic E-state index is 0.0778. The molecular formula is C85H80N16O4. The first-order valence-corrected chi connectivity index (χ1v) is 36.2. The van der Waals surface area contributed by atoms with Gasteiger partial charge in [0.15, 0.2) is 0 Å². The van der Waals surface area contributed by atoms with E-state index < -0.39 is 5.97 Å². The van der Waals surface area contributed by atoms with Crippen molar-refractivity contribution in [2.24, 2.45) is 17.8 Å². The van der Waals surface area contributed by atoms with E-state index >= 15 is 0 Å². The maximum Gasteiger partial charge on any atom is 0.306 e. The lowest BCUT2D eigenvalue weighted by Crippen LogP contribution is -2.30. The van der Waals surface area contributed by atoms with E-state index in [4.69, 9.17) is 47.1 Å². The average Bonchev–Trinajstić information content (AvgIpc) is 1.64. The number of benzene rings is 6. The van der Waals surface area contributed by atoms with Crippen LogP contribution in [0, 0.1) is 17.8 Å². The first-order chi connectivity index (χ1) is 51.4. The van der Waals surface area contributed by atoms with E-state index in [1.165, 1.54) is 0 Å². The lowest BCUT2D eigenvalue weighted by atomic mass is 9.81. The van der Waals surface area contributed by atoms with Crippen molar-refractivity contribution in [2.75, 3.05) is 30.9 Å². The number of aliphatic carboxylic acids is 1. The summed E-state index contributed by atoms with van der Waals surface area (Å²) in [6.45, 7) is 0.270. The summed E-state index contributed by atoms with van der Waals surface area (Å²) in [5, 5.41) is 24.9. The molecule has 18 rings (SSSR count). The lowest BCUT2D eigenvalue weighted by Gasteiger charge is -2.26. The fraction of sp³-hybridized carbons (Fsp3) is 0.235. The molecule has 105 heavy (non-hydrogen) atoms. The fourth-order valence-corrected chi connectivity index (χ4v) is 15.9. The molecule has 6 aromatic carbocycles. The number of pyridine rings is 3. The van der Waals surface area contributed by atoms with Gasteiger partial charge in [-0.15, -0.1) is 0 Å². The normalized spacial score (nSPS) is 18.2. The molecule has 0 bridgehead atoms. The van der Waals surface area contributed by atoms with E-state index in [1.54, 1.807) is 25.6 Å². The first-order valence-electron chi connectivity index (χ1n) is 36.2. The maximum absolute atomic E-state index is 12.1. The number of carboxylic acids is 1. The fourth-order valence-electron chi connectivity index (χ4n) is 15.9. The van der Waals surface area contributed by atoms with Crippen LogP contribution in [-0.2, 0) is 9.59 Å². The van der Waals surface area contributed by atoms with Crippen LogP contribution in [0.25, 0.3) is 117 Å². The number of carbonyl (C=O) groups excluding carboxylic acids is 1. The van der Waals surface area contributed by atoms with Crippen LogP contribution in [0.3, 0.4) is 0 Å². The molecule has 3 aliphatic carbocycles. The Bertz CT molecular complexity index is 5700. The summed E-state index contributed by atoms with van der Waals surface area (Å²) in [6, 6.07) is 61.7. The second-order valence-electron chi connectivity index (χ2n) is 27.9. The number of anilines is 3. The number of amides is 1. The molecule has 3 saturated carbocycles. The molecule has 3 aliphatic rings. The van der Waals surface area contributed by atoms with E-state index in [1.807, 2.05) is 89.7 Å². The molecule has 15 aromatic rings. The number of fused-ring (bicyclic) bond motifs is 6. The molecule has 0 unspecified atom stereocenters. The molecule has 9 N–H and O–H groups in total. The number of aromatic nitrogens is 12. The SMILES string of the molecule is CNC(=O)C1CCC(c2nc(-c3ccc4ccc(-c5ccccc5)nc4c3)c3c(N)nccn23)CC1.Nc1nccn2c(C3CCC(C(=O)O)CC3)nc(-c3ccc4ccc(-c5ccccc5)nc4c3)c12.Nc1nccn2c(C3CCC(CO)CC3)nc(-c3ccc4ccc(-c5ccccc5)nc4c3)c12. The second kappa shape index (κ2) is 29.2. The molecule has 1 amide bonds. The predicted molar refractivity (Wildman–Crippen MR) is 414 cm³/mol. The molecular weight excluding hydrogens is 1310 g/mol. The van der Waals surface area contributed by atoms with Crippen molar-refractivity contribution in [1.29, 1.82) is 0 Å². The Labute approximate surface area is 606 Å². The van der Waals surface area contributed by atoms with E-state index in [0.29, 0.717) is 42.1 Å². The third-order valence-corrected chi connectivity index (χ3v) is 21.6. The van der Waals surface area contributed by atoms with Crippen molar-refractivity contribution in [3.63, 3.8) is 0 Å². The van der Waals surface area contributed by atoms with Gasteiger partial charge in [0.05, 0.1) is 39.5 Å². The van der Waals surface area contributed by atoms with Crippen LogP contribution in [0.15, 0.2) is 219 Å². The molecule has 20 nitrogen and oxygen atoms in total. The maximum atomic E-state index is 12.1. The molecule has 9 aromatic heterocycles. The van der Waals surface area contributed by atoms with Crippen molar-refractivity contribution < 1.29 is 19.8 Å². The second-order valence-corrected chi connectivity index (χ2v) is 27.9. The quantitative estimate of drug-likeness (QED) is 0.0662. The van der Waals surface area contributed by atoms with Crippen LogP contribution in [0.5, 0.6) is 0 Å². The Balaban J connectivity index is 0.000000121. The highest BCUT2D eigenvalue weighted by atomic mass is 16.4. The molecule has 0 atom stereocenters. The summed E-state index contributed by atoms with van der Waals surface area (Å²) in [4.78, 5) is 66.7. The third-order valence-electron chi connectivity index (χ3n) is 21.6. The van der Waals surface area contributed by atoms with Crippen LogP contribution in [0.1, 0.15) is 112 Å². The van der Waals surface area contributed by atoms with Gasteiger partial charge < -0.3 is 32.7 Å². The lowest BCUT2D eigenvalue weighted by molar-refractivity contribution is -0.142. The number of hydrogen-bond acceptors (Lipinski definition) is 15. The number of aliphatic hydroxyl groups excluding tert-OH is 1. The van der Waals surface area contributed by atoms with Gasteiger partial charge in [-0.1, -0.05) is 146 Å². The summed E-state index contributed by atoms with van der Waals surface area (Å²) in [5.41, 5.74) is 35.6. The molecule has 9 heterocycles. The minimum Gasteiger partial charge on any atom is -0.481 e. The zero-order valence-corrected chi connectivity index (χ0v) is 58.3. The standard InChI is InChI=1S/C29H28N6O.C28H25N5O2.C28H27N5O/c1-31-29(36)21-10-8-20(9-11-21)28-34-25(26-27(30)32-15-16-35(26)28)22-12-7-19-13-14-23(33-24(19)17-22)18-5-3-2-4-6-18;29-26-25-24(32-27(33(25)15-14-30-26)19-7-9-20(10-8-19)28(34)35)21-11-6-18-12-13-22(31-23(18)16-21)17-4-2-1-3-5-17;29-27-26-25(32-28(33(26)15-14-30-27)21-8-6-18(17-34)7-9-21)22-11-10-20-12-13-23(31-24(20)16-22)19-4-2-1-3-5-19/h2-7,12-17,20-21H,8-11H2,1H3,(H2,30,32)(H,31,36);1-6,11-16,19-20H,7-10H2,(H2,29,30)(H,34,35);1-5,10-16,18,21,34H,6-9,17H2,(H2,29,30). The minimum atomic E-state index is -0.705. The van der Waals surface area contributed by atoms with Crippen molar-refractivity contribution >= 4 is 78.6 Å². The number of nitrogens with two attached hydrogens (primary N) is 3. The van der Waals surface area contributed by atoms with Crippen LogP contribution in [-0.4, -0.2) is 93.8 Å². The van der Waals surface area contributed by atoms with Crippen molar-refractivity contribution in [3.8, 4) is 67.5 Å². The van der Waals surface area contributed by atoms with Crippen molar-refractivity contribution in [1.82, 2.24) is 63.4 Å². The number of rotatable bonds is 12. The van der Waals surface area contributed by atoms with Crippen LogP contribution in [0.4, 0.5) is 17.5 Å². The van der Waals surface area contributed by atoms with Crippen LogP contribution in [0.2, 0.25) is 0 Å². The Hall–Kier alpha value is -12.3. The Morgan fingerprint density at radius 2 is 0.714 bits per heavy atom. The van der Waals surface area contributed by atoms with Crippen molar-refractivity contribution in [2.45, 2.75) is 94.8 Å².